The minimum absolute atomic E-state index is 0.00534. The lowest BCUT2D eigenvalue weighted by atomic mass is 10.1. The number of benzene rings is 2. The molecule has 7 nitrogen and oxygen atoms in total. The van der Waals surface area contributed by atoms with Crippen LogP contribution in [0.3, 0.4) is 0 Å². The number of rotatable bonds is 6. The molecular weight excluding hydrogens is 399 g/mol. The SMILES string of the molecule is COC(=O)C(N)Cc1ccc(Oc2ccc(/C=C3/SC(=O)NC3=O)cc2F)cc1. The van der Waals surface area contributed by atoms with Crippen LogP contribution >= 0.6 is 11.8 Å². The summed E-state index contributed by atoms with van der Waals surface area (Å²) in [4.78, 5) is 34.3. The summed E-state index contributed by atoms with van der Waals surface area (Å²) in [6, 6.07) is 10.2. The average Bonchev–Trinajstić information content (AvgIpc) is 3.01. The normalized spacial score (nSPS) is 15.9. The Morgan fingerprint density at radius 3 is 2.55 bits per heavy atom. The Kier molecular flexibility index (Phi) is 6.30. The molecule has 0 bridgehead atoms. The number of amides is 2. The van der Waals surface area contributed by atoms with Gasteiger partial charge in [-0.25, -0.2) is 4.39 Å². The van der Waals surface area contributed by atoms with Crippen molar-refractivity contribution in [2.75, 3.05) is 7.11 Å². The zero-order chi connectivity index (χ0) is 21.0. The van der Waals surface area contributed by atoms with Crippen LogP contribution in [0, 0.1) is 5.82 Å². The summed E-state index contributed by atoms with van der Waals surface area (Å²) in [6.45, 7) is 0. The van der Waals surface area contributed by atoms with Crippen LogP contribution in [-0.2, 0) is 20.7 Å². The summed E-state index contributed by atoms with van der Waals surface area (Å²) in [5, 5.41) is 1.68. The third kappa shape index (κ3) is 5.21. The van der Waals surface area contributed by atoms with E-state index in [0.717, 1.165) is 17.3 Å². The number of nitrogens with two attached hydrogens (primary N) is 1. The molecular formula is C20H17FN2O5S. The van der Waals surface area contributed by atoms with Gasteiger partial charge in [0.2, 0.25) is 0 Å². The van der Waals surface area contributed by atoms with E-state index in [-0.39, 0.29) is 10.7 Å². The van der Waals surface area contributed by atoms with Crippen molar-refractivity contribution in [3.05, 3.63) is 64.3 Å². The molecule has 1 aliphatic heterocycles. The van der Waals surface area contributed by atoms with Gasteiger partial charge in [-0.2, -0.15) is 0 Å². The number of imide groups is 1. The van der Waals surface area contributed by atoms with E-state index >= 15 is 0 Å². The number of carbonyl (C=O) groups is 3. The van der Waals surface area contributed by atoms with Crippen LogP contribution in [0.5, 0.6) is 11.5 Å². The van der Waals surface area contributed by atoms with Crippen molar-refractivity contribution >= 4 is 35.0 Å². The minimum atomic E-state index is -0.763. The highest BCUT2D eigenvalue weighted by molar-refractivity contribution is 8.18. The van der Waals surface area contributed by atoms with E-state index in [1.54, 1.807) is 30.3 Å². The largest absolute Gasteiger partial charge is 0.468 e. The fourth-order valence-electron chi connectivity index (χ4n) is 2.57. The van der Waals surface area contributed by atoms with E-state index in [1.165, 1.54) is 25.3 Å². The van der Waals surface area contributed by atoms with Gasteiger partial charge in [0.25, 0.3) is 11.1 Å². The maximum atomic E-state index is 14.4. The number of methoxy groups -OCH3 is 1. The molecule has 1 heterocycles. The minimum Gasteiger partial charge on any atom is -0.468 e. The number of hydrogen-bond acceptors (Lipinski definition) is 7. The molecule has 1 aliphatic rings. The number of hydrogen-bond donors (Lipinski definition) is 2. The highest BCUT2D eigenvalue weighted by atomic mass is 32.2. The third-order valence-corrected chi connectivity index (χ3v) is 4.82. The molecule has 3 rings (SSSR count). The first kappa shape index (κ1) is 20.6. The number of halogens is 1. The van der Waals surface area contributed by atoms with Crippen LogP contribution in [0.2, 0.25) is 0 Å². The zero-order valence-electron chi connectivity index (χ0n) is 15.3. The molecule has 0 saturated carbocycles. The second-order valence-corrected chi connectivity index (χ2v) is 7.14. The van der Waals surface area contributed by atoms with Gasteiger partial charge in [-0.15, -0.1) is 0 Å². The summed E-state index contributed by atoms with van der Waals surface area (Å²) >= 11 is 0.760. The first-order valence-corrected chi connectivity index (χ1v) is 9.32. The van der Waals surface area contributed by atoms with Crippen molar-refractivity contribution in [3.63, 3.8) is 0 Å². The molecule has 1 fully saturated rings. The quantitative estimate of drug-likeness (QED) is 0.551. The Hall–Kier alpha value is -3.17. The second-order valence-electron chi connectivity index (χ2n) is 6.12. The van der Waals surface area contributed by atoms with Crippen molar-refractivity contribution < 1.29 is 28.2 Å². The average molecular weight is 416 g/mol. The maximum Gasteiger partial charge on any atom is 0.322 e. The number of thioether (sulfide) groups is 1. The first-order chi connectivity index (χ1) is 13.9. The van der Waals surface area contributed by atoms with Crippen LogP contribution in [0.25, 0.3) is 6.08 Å². The number of esters is 1. The van der Waals surface area contributed by atoms with Crippen LogP contribution in [0.4, 0.5) is 9.18 Å². The molecule has 150 valence electrons. The molecule has 1 atom stereocenters. The van der Waals surface area contributed by atoms with E-state index in [0.29, 0.717) is 17.7 Å². The monoisotopic (exact) mass is 416 g/mol. The Morgan fingerprint density at radius 2 is 1.97 bits per heavy atom. The van der Waals surface area contributed by atoms with Crippen LogP contribution in [0.1, 0.15) is 11.1 Å². The van der Waals surface area contributed by atoms with Crippen molar-refractivity contribution in [1.82, 2.24) is 5.32 Å². The Bertz CT molecular complexity index is 991. The van der Waals surface area contributed by atoms with Gasteiger partial charge in [0.15, 0.2) is 11.6 Å². The highest BCUT2D eigenvalue weighted by Crippen LogP contribution is 2.29. The summed E-state index contributed by atoms with van der Waals surface area (Å²) < 4.78 is 24.5. The van der Waals surface area contributed by atoms with E-state index < -0.39 is 29.0 Å². The molecule has 3 N–H and O–H groups in total. The molecule has 1 saturated heterocycles. The molecule has 0 spiro atoms. The van der Waals surface area contributed by atoms with Crippen LogP contribution in [-0.4, -0.2) is 30.3 Å². The highest BCUT2D eigenvalue weighted by Gasteiger charge is 2.25. The van der Waals surface area contributed by atoms with Crippen molar-refractivity contribution in [3.8, 4) is 11.5 Å². The fraction of sp³-hybridized carbons (Fsp3) is 0.150. The molecule has 2 aromatic rings. The standard InChI is InChI=1S/C20H17FN2O5S/c1-27-19(25)15(22)9-11-2-5-13(6-3-11)28-16-7-4-12(8-14(16)21)10-17-18(24)23-20(26)29-17/h2-8,10,15H,9,22H2,1H3,(H,23,24,26)/b17-10+. The van der Waals surface area contributed by atoms with E-state index in [4.69, 9.17) is 10.5 Å². The predicted octanol–water partition coefficient (Wildman–Crippen LogP) is 2.98. The fourth-order valence-corrected chi connectivity index (χ4v) is 3.25. The van der Waals surface area contributed by atoms with Gasteiger partial charge in [0.05, 0.1) is 12.0 Å². The summed E-state index contributed by atoms with van der Waals surface area (Å²) in [5.41, 5.74) is 6.96. The molecule has 2 amide bonds. The topological polar surface area (TPSA) is 108 Å². The Morgan fingerprint density at radius 1 is 1.24 bits per heavy atom. The zero-order valence-corrected chi connectivity index (χ0v) is 16.1. The molecule has 0 aliphatic carbocycles. The van der Waals surface area contributed by atoms with Gasteiger partial charge >= 0.3 is 5.97 Å². The second kappa shape index (κ2) is 8.89. The Balaban J connectivity index is 1.67. The van der Waals surface area contributed by atoms with Crippen LogP contribution in [0.15, 0.2) is 47.4 Å². The molecule has 0 aromatic heterocycles. The Labute approximate surface area is 170 Å². The summed E-state index contributed by atoms with van der Waals surface area (Å²) in [5.74, 6) is -1.22. The van der Waals surface area contributed by atoms with Gasteiger partial charge in [-0.3, -0.25) is 19.7 Å². The maximum absolute atomic E-state index is 14.4. The molecule has 2 aromatic carbocycles. The molecule has 0 radical (unpaired) electrons. The predicted molar refractivity (Wildman–Crippen MR) is 106 cm³/mol. The molecule has 29 heavy (non-hydrogen) atoms. The van der Waals surface area contributed by atoms with E-state index in [9.17, 15) is 18.8 Å². The number of carbonyl (C=O) groups excluding carboxylic acids is 3. The summed E-state index contributed by atoms with van der Waals surface area (Å²) in [7, 11) is 1.27. The summed E-state index contributed by atoms with van der Waals surface area (Å²) in [6.07, 6.45) is 1.73. The first-order valence-electron chi connectivity index (χ1n) is 8.50. The smallest absolute Gasteiger partial charge is 0.322 e. The van der Waals surface area contributed by atoms with Gasteiger partial charge in [0, 0.05) is 0 Å². The van der Waals surface area contributed by atoms with Crippen molar-refractivity contribution in [2.24, 2.45) is 5.73 Å². The lowest BCUT2D eigenvalue weighted by molar-refractivity contribution is -0.142. The van der Waals surface area contributed by atoms with Gasteiger partial charge in [-0.1, -0.05) is 18.2 Å². The third-order valence-electron chi connectivity index (χ3n) is 4.01. The van der Waals surface area contributed by atoms with Crippen LogP contribution < -0.4 is 15.8 Å². The number of ether oxygens (including phenoxy) is 2. The number of nitrogens with one attached hydrogen (secondary N) is 1. The van der Waals surface area contributed by atoms with Gasteiger partial charge in [0.1, 0.15) is 11.8 Å². The van der Waals surface area contributed by atoms with Gasteiger partial charge in [-0.05, 0) is 59.7 Å². The van der Waals surface area contributed by atoms with Gasteiger partial charge < -0.3 is 15.2 Å². The van der Waals surface area contributed by atoms with E-state index in [2.05, 4.69) is 10.1 Å². The lowest BCUT2D eigenvalue weighted by Gasteiger charge is -2.11. The lowest BCUT2D eigenvalue weighted by Crippen LogP contribution is -2.33. The van der Waals surface area contributed by atoms with Crippen molar-refractivity contribution in [1.29, 1.82) is 0 Å². The van der Waals surface area contributed by atoms with E-state index in [1.807, 2.05) is 0 Å². The molecule has 1 unspecified atom stereocenters. The molecule has 9 heteroatoms. The van der Waals surface area contributed by atoms with Crippen molar-refractivity contribution in [2.45, 2.75) is 12.5 Å².